The van der Waals surface area contributed by atoms with Crippen LogP contribution in [0.1, 0.15) is 25.3 Å². The molecule has 1 aliphatic carbocycles. The Morgan fingerprint density at radius 2 is 2.00 bits per heavy atom. The van der Waals surface area contributed by atoms with Gasteiger partial charge in [-0.25, -0.2) is 0 Å². The smallest absolute Gasteiger partial charge is 0.216 e. The fourth-order valence-electron chi connectivity index (χ4n) is 2.93. The average Bonchev–Trinajstić information content (AvgIpc) is 3.25. The monoisotopic (exact) mass is 269 g/mol. The van der Waals surface area contributed by atoms with Crippen molar-refractivity contribution in [2.24, 2.45) is 0 Å². The zero-order valence-corrected chi connectivity index (χ0v) is 11.9. The summed E-state index contributed by atoms with van der Waals surface area (Å²) in [5.74, 6) is 0.946. The van der Waals surface area contributed by atoms with Gasteiger partial charge in [0.05, 0.1) is 7.11 Å². The molecule has 1 amide bonds. The van der Waals surface area contributed by atoms with Crippen LogP contribution >= 0.6 is 0 Å². The van der Waals surface area contributed by atoms with E-state index in [0.717, 1.165) is 18.6 Å². The summed E-state index contributed by atoms with van der Waals surface area (Å²) in [4.78, 5) is 11.2. The van der Waals surface area contributed by atoms with E-state index < -0.39 is 0 Å². The van der Waals surface area contributed by atoms with Crippen LogP contribution in [-0.4, -0.2) is 19.6 Å². The van der Waals surface area contributed by atoms with Crippen LogP contribution in [0.4, 0.5) is 0 Å². The number of benzene rings is 2. The highest BCUT2D eigenvalue weighted by molar-refractivity contribution is 5.89. The Morgan fingerprint density at radius 3 is 2.65 bits per heavy atom. The molecule has 2 aromatic carbocycles. The molecule has 0 radical (unpaired) electrons. The minimum absolute atomic E-state index is 0.0236. The molecule has 2 aromatic rings. The average molecular weight is 269 g/mol. The molecule has 0 unspecified atom stereocenters. The summed E-state index contributed by atoms with van der Waals surface area (Å²) in [6, 6.07) is 12.5. The maximum atomic E-state index is 11.2. The lowest BCUT2D eigenvalue weighted by Crippen LogP contribution is -2.30. The van der Waals surface area contributed by atoms with Crippen LogP contribution in [0, 0.1) is 0 Å². The Kier molecular flexibility index (Phi) is 3.13. The quantitative estimate of drug-likeness (QED) is 0.926. The molecule has 1 N–H and O–H groups in total. The molecular weight excluding hydrogens is 250 g/mol. The lowest BCUT2D eigenvalue weighted by atomic mass is 9.89. The van der Waals surface area contributed by atoms with Gasteiger partial charge in [0.1, 0.15) is 5.75 Å². The largest absolute Gasteiger partial charge is 0.496 e. The fraction of sp³-hybridized carbons (Fsp3) is 0.353. The Hall–Kier alpha value is -2.03. The topological polar surface area (TPSA) is 38.3 Å². The first-order valence-electron chi connectivity index (χ1n) is 6.97. The first kappa shape index (κ1) is 13.0. The van der Waals surface area contributed by atoms with Crippen molar-refractivity contribution in [2.75, 3.05) is 13.7 Å². The van der Waals surface area contributed by atoms with Gasteiger partial charge in [-0.3, -0.25) is 4.79 Å². The Bertz CT molecular complexity index is 659. The molecule has 1 saturated carbocycles. The predicted molar refractivity (Wildman–Crippen MR) is 80.1 cm³/mol. The summed E-state index contributed by atoms with van der Waals surface area (Å²) in [6.07, 6.45) is 2.19. The van der Waals surface area contributed by atoms with Crippen molar-refractivity contribution in [3.8, 4) is 5.75 Å². The number of carbonyl (C=O) groups is 1. The minimum atomic E-state index is 0.0236. The molecule has 0 saturated heterocycles. The third-order valence-corrected chi connectivity index (χ3v) is 4.17. The summed E-state index contributed by atoms with van der Waals surface area (Å²) in [5, 5.41) is 5.42. The van der Waals surface area contributed by atoms with E-state index in [1.54, 1.807) is 14.0 Å². The van der Waals surface area contributed by atoms with Crippen molar-refractivity contribution < 1.29 is 9.53 Å². The van der Waals surface area contributed by atoms with Crippen LogP contribution < -0.4 is 10.1 Å². The molecule has 1 fully saturated rings. The van der Waals surface area contributed by atoms with E-state index >= 15 is 0 Å². The molecule has 1 aliphatic rings. The Labute approximate surface area is 118 Å². The highest BCUT2D eigenvalue weighted by atomic mass is 16.5. The van der Waals surface area contributed by atoms with E-state index in [4.69, 9.17) is 4.74 Å². The molecule has 0 heterocycles. The third-order valence-electron chi connectivity index (χ3n) is 4.17. The SMILES string of the molecule is COc1ccc2ccccc2c1C1(CNC(C)=O)CC1. The van der Waals surface area contributed by atoms with Gasteiger partial charge in [0.15, 0.2) is 0 Å². The van der Waals surface area contributed by atoms with Crippen molar-refractivity contribution in [1.82, 2.24) is 5.32 Å². The maximum Gasteiger partial charge on any atom is 0.216 e. The number of hydrogen-bond acceptors (Lipinski definition) is 2. The molecule has 3 nitrogen and oxygen atoms in total. The van der Waals surface area contributed by atoms with Gasteiger partial charge in [-0.1, -0.05) is 30.3 Å². The first-order chi connectivity index (χ1) is 9.66. The lowest BCUT2D eigenvalue weighted by Gasteiger charge is -2.21. The van der Waals surface area contributed by atoms with E-state index in [1.165, 1.54) is 16.3 Å². The summed E-state index contributed by atoms with van der Waals surface area (Å²) >= 11 is 0. The van der Waals surface area contributed by atoms with Gasteiger partial charge in [-0.2, -0.15) is 0 Å². The second-order valence-corrected chi connectivity index (χ2v) is 5.55. The Balaban J connectivity index is 2.11. The van der Waals surface area contributed by atoms with Crippen LogP contribution in [0.2, 0.25) is 0 Å². The molecule has 3 heteroatoms. The summed E-state index contributed by atoms with van der Waals surface area (Å²) < 4.78 is 5.57. The number of fused-ring (bicyclic) bond motifs is 1. The van der Waals surface area contributed by atoms with E-state index in [0.29, 0.717) is 6.54 Å². The van der Waals surface area contributed by atoms with E-state index in [2.05, 4.69) is 29.6 Å². The molecular formula is C17H19NO2. The molecule has 0 aliphatic heterocycles. The molecule has 0 spiro atoms. The Morgan fingerprint density at radius 1 is 1.25 bits per heavy atom. The van der Waals surface area contributed by atoms with Crippen molar-refractivity contribution >= 4 is 16.7 Å². The van der Waals surface area contributed by atoms with E-state index in [9.17, 15) is 4.79 Å². The van der Waals surface area contributed by atoms with Crippen molar-refractivity contribution in [3.05, 3.63) is 42.0 Å². The molecule has 0 aromatic heterocycles. The van der Waals surface area contributed by atoms with Crippen LogP contribution in [-0.2, 0) is 10.2 Å². The van der Waals surface area contributed by atoms with Gasteiger partial charge < -0.3 is 10.1 Å². The van der Waals surface area contributed by atoms with Crippen LogP contribution in [0.3, 0.4) is 0 Å². The highest BCUT2D eigenvalue weighted by Crippen LogP contribution is 2.53. The fourth-order valence-corrected chi connectivity index (χ4v) is 2.93. The van der Waals surface area contributed by atoms with E-state index in [1.807, 2.05) is 12.1 Å². The molecule has 20 heavy (non-hydrogen) atoms. The second kappa shape index (κ2) is 4.82. The van der Waals surface area contributed by atoms with Gasteiger partial charge in [0, 0.05) is 24.4 Å². The van der Waals surface area contributed by atoms with Crippen LogP contribution in [0.5, 0.6) is 5.75 Å². The zero-order chi connectivity index (χ0) is 14.2. The van der Waals surface area contributed by atoms with Gasteiger partial charge in [-0.05, 0) is 29.7 Å². The standard InChI is InChI=1S/C17H19NO2/c1-12(19)18-11-17(9-10-17)16-14-6-4-3-5-13(14)7-8-15(16)20-2/h3-8H,9-11H2,1-2H3,(H,18,19). The number of amides is 1. The number of rotatable bonds is 4. The summed E-state index contributed by atoms with van der Waals surface area (Å²) in [6.45, 7) is 2.25. The lowest BCUT2D eigenvalue weighted by molar-refractivity contribution is -0.119. The number of carbonyl (C=O) groups excluding carboxylic acids is 1. The number of hydrogen-bond donors (Lipinski definition) is 1. The zero-order valence-electron chi connectivity index (χ0n) is 11.9. The number of ether oxygens (including phenoxy) is 1. The molecule has 3 rings (SSSR count). The van der Waals surface area contributed by atoms with Gasteiger partial charge in [-0.15, -0.1) is 0 Å². The normalized spacial score (nSPS) is 15.9. The van der Waals surface area contributed by atoms with Gasteiger partial charge in [0.2, 0.25) is 5.91 Å². The number of nitrogens with one attached hydrogen (secondary N) is 1. The molecule has 104 valence electrons. The predicted octanol–water partition coefficient (Wildman–Crippen LogP) is 3.02. The van der Waals surface area contributed by atoms with E-state index in [-0.39, 0.29) is 11.3 Å². The third kappa shape index (κ3) is 2.13. The summed E-state index contributed by atoms with van der Waals surface area (Å²) in [5.41, 5.74) is 1.28. The van der Waals surface area contributed by atoms with Gasteiger partial charge >= 0.3 is 0 Å². The van der Waals surface area contributed by atoms with Crippen LogP contribution in [0.15, 0.2) is 36.4 Å². The second-order valence-electron chi connectivity index (χ2n) is 5.55. The minimum Gasteiger partial charge on any atom is -0.496 e. The van der Waals surface area contributed by atoms with Gasteiger partial charge in [0.25, 0.3) is 0 Å². The highest BCUT2D eigenvalue weighted by Gasteiger charge is 2.47. The molecule has 0 bridgehead atoms. The van der Waals surface area contributed by atoms with Crippen molar-refractivity contribution in [2.45, 2.75) is 25.2 Å². The van der Waals surface area contributed by atoms with Crippen molar-refractivity contribution in [3.63, 3.8) is 0 Å². The maximum absolute atomic E-state index is 11.2. The molecule has 0 atom stereocenters. The summed E-state index contributed by atoms with van der Waals surface area (Å²) in [7, 11) is 1.71. The number of methoxy groups -OCH3 is 1. The first-order valence-corrected chi connectivity index (χ1v) is 6.97. The van der Waals surface area contributed by atoms with Crippen LogP contribution in [0.25, 0.3) is 10.8 Å². The van der Waals surface area contributed by atoms with Crippen molar-refractivity contribution in [1.29, 1.82) is 0 Å².